The van der Waals surface area contributed by atoms with Crippen LogP contribution in [-0.4, -0.2) is 23.4 Å². The van der Waals surface area contributed by atoms with Crippen molar-refractivity contribution in [1.82, 2.24) is 10.2 Å². The molecule has 0 bridgehead atoms. The van der Waals surface area contributed by atoms with Crippen LogP contribution in [0.4, 0.5) is 10.5 Å². The summed E-state index contributed by atoms with van der Waals surface area (Å²) in [6.45, 7) is 4.73. The van der Waals surface area contributed by atoms with Crippen LogP contribution >= 0.6 is 11.3 Å². The second kappa shape index (κ2) is 7.05. The van der Waals surface area contributed by atoms with Gasteiger partial charge in [0.1, 0.15) is 0 Å². The predicted octanol–water partition coefficient (Wildman–Crippen LogP) is 3.54. The quantitative estimate of drug-likeness (QED) is 0.895. The van der Waals surface area contributed by atoms with Crippen LogP contribution in [0.25, 0.3) is 0 Å². The van der Waals surface area contributed by atoms with Gasteiger partial charge < -0.3 is 15.5 Å². The Morgan fingerprint density at radius 1 is 1.33 bits per heavy atom. The summed E-state index contributed by atoms with van der Waals surface area (Å²) in [6, 6.07) is 9.67. The van der Waals surface area contributed by atoms with Gasteiger partial charge in [-0.15, -0.1) is 11.3 Å². The first-order valence-electron chi connectivity index (χ1n) is 8.02. The maximum atomic E-state index is 12.5. The van der Waals surface area contributed by atoms with E-state index in [9.17, 15) is 9.59 Å². The molecule has 0 aliphatic carbocycles. The fourth-order valence-corrected chi connectivity index (χ4v) is 3.99. The number of urea groups is 1. The van der Waals surface area contributed by atoms with E-state index in [4.69, 9.17) is 0 Å². The smallest absolute Gasteiger partial charge is 0.318 e. The lowest BCUT2D eigenvalue weighted by molar-refractivity contribution is -0.114. The van der Waals surface area contributed by atoms with Gasteiger partial charge in [-0.1, -0.05) is 12.1 Å². The van der Waals surface area contributed by atoms with Crippen molar-refractivity contribution in [3.05, 3.63) is 51.7 Å². The van der Waals surface area contributed by atoms with Crippen molar-refractivity contribution in [3.63, 3.8) is 0 Å². The molecule has 1 atom stereocenters. The van der Waals surface area contributed by atoms with E-state index in [0.717, 1.165) is 24.2 Å². The molecular weight excluding hydrogens is 322 g/mol. The molecule has 1 aromatic heterocycles. The van der Waals surface area contributed by atoms with E-state index in [2.05, 4.69) is 29.0 Å². The Morgan fingerprint density at radius 3 is 2.96 bits per heavy atom. The SMILES string of the molecule is CC(=O)Nc1cccc(CNC(=O)N2CCc3sccc3C2C)c1. The van der Waals surface area contributed by atoms with E-state index in [1.807, 2.05) is 29.2 Å². The molecular formula is C18H21N3O2S. The van der Waals surface area contributed by atoms with Gasteiger partial charge in [0.25, 0.3) is 0 Å². The zero-order valence-corrected chi connectivity index (χ0v) is 14.7. The summed E-state index contributed by atoms with van der Waals surface area (Å²) in [4.78, 5) is 26.9. The molecule has 0 spiro atoms. The molecule has 1 aromatic carbocycles. The minimum Gasteiger partial charge on any atom is -0.334 e. The fourth-order valence-electron chi connectivity index (χ4n) is 3.03. The van der Waals surface area contributed by atoms with E-state index in [-0.39, 0.29) is 18.0 Å². The van der Waals surface area contributed by atoms with Crippen LogP contribution in [0, 0.1) is 0 Å². The first-order chi connectivity index (χ1) is 11.5. The van der Waals surface area contributed by atoms with Gasteiger partial charge in [0.15, 0.2) is 0 Å². The third-order valence-electron chi connectivity index (χ3n) is 4.23. The number of amides is 3. The molecule has 126 valence electrons. The van der Waals surface area contributed by atoms with Gasteiger partial charge in [-0.2, -0.15) is 0 Å². The summed E-state index contributed by atoms with van der Waals surface area (Å²) >= 11 is 1.77. The lowest BCUT2D eigenvalue weighted by Gasteiger charge is -2.33. The van der Waals surface area contributed by atoms with E-state index >= 15 is 0 Å². The van der Waals surface area contributed by atoms with Crippen molar-refractivity contribution in [3.8, 4) is 0 Å². The Labute approximate surface area is 145 Å². The molecule has 1 aliphatic heterocycles. The van der Waals surface area contributed by atoms with Gasteiger partial charge in [-0.05, 0) is 48.1 Å². The molecule has 0 radical (unpaired) electrons. The van der Waals surface area contributed by atoms with Crippen LogP contribution in [0.15, 0.2) is 35.7 Å². The summed E-state index contributed by atoms with van der Waals surface area (Å²) in [5, 5.41) is 7.82. The largest absolute Gasteiger partial charge is 0.334 e. The average Bonchev–Trinajstić information content (AvgIpc) is 3.02. The summed E-state index contributed by atoms with van der Waals surface area (Å²) in [6.07, 6.45) is 0.919. The maximum absolute atomic E-state index is 12.5. The van der Waals surface area contributed by atoms with Crippen LogP contribution in [0.1, 0.15) is 35.9 Å². The number of fused-ring (bicyclic) bond motifs is 1. The highest BCUT2D eigenvalue weighted by Gasteiger charge is 2.28. The third-order valence-corrected chi connectivity index (χ3v) is 5.23. The molecule has 0 fully saturated rings. The number of nitrogens with zero attached hydrogens (tertiary/aromatic N) is 1. The Kier molecular flexibility index (Phi) is 4.85. The number of rotatable bonds is 3. The number of anilines is 1. The van der Waals surface area contributed by atoms with Crippen molar-refractivity contribution < 1.29 is 9.59 Å². The summed E-state index contributed by atoms with van der Waals surface area (Å²) in [5.41, 5.74) is 2.95. The van der Waals surface area contributed by atoms with Gasteiger partial charge in [0.05, 0.1) is 6.04 Å². The molecule has 3 amide bonds. The predicted molar refractivity (Wildman–Crippen MR) is 96.1 cm³/mol. The summed E-state index contributed by atoms with van der Waals surface area (Å²) in [5.74, 6) is -0.107. The van der Waals surface area contributed by atoms with Crippen molar-refractivity contribution in [2.75, 3.05) is 11.9 Å². The molecule has 1 aliphatic rings. The molecule has 1 unspecified atom stereocenters. The van der Waals surface area contributed by atoms with Crippen molar-refractivity contribution in [2.45, 2.75) is 32.9 Å². The Balaban J connectivity index is 1.61. The normalized spacial score (nSPS) is 16.4. The van der Waals surface area contributed by atoms with Crippen LogP contribution in [0.5, 0.6) is 0 Å². The highest BCUT2D eigenvalue weighted by atomic mass is 32.1. The van der Waals surface area contributed by atoms with Crippen LogP contribution < -0.4 is 10.6 Å². The standard InChI is InChI=1S/C18H21N3O2S/c1-12-16-7-9-24-17(16)6-8-21(12)18(23)19-11-14-4-3-5-15(10-14)20-13(2)22/h3-5,7,9-10,12H,6,8,11H2,1-2H3,(H,19,23)(H,20,22). The summed E-state index contributed by atoms with van der Waals surface area (Å²) < 4.78 is 0. The van der Waals surface area contributed by atoms with E-state index < -0.39 is 0 Å². The van der Waals surface area contributed by atoms with E-state index in [1.165, 1.54) is 17.4 Å². The molecule has 2 heterocycles. The number of carbonyl (C=O) groups excluding carboxylic acids is 2. The molecule has 24 heavy (non-hydrogen) atoms. The highest BCUT2D eigenvalue weighted by Crippen LogP contribution is 2.32. The second-order valence-electron chi connectivity index (χ2n) is 5.96. The number of carbonyl (C=O) groups is 2. The Hall–Kier alpha value is -2.34. The zero-order valence-electron chi connectivity index (χ0n) is 13.8. The van der Waals surface area contributed by atoms with Gasteiger partial charge in [-0.3, -0.25) is 4.79 Å². The fraction of sp³-hybridized carbons (Fsp3) is 0.333. The minimum absolute atomic E-state index is 0.0516. The highest BCUT2D eigenvalue weighted by molar-refractivity contribution is 7.10. The average molecular weight is 343 g/mol. The molecule has 2 N–H and O–H groups in total. The first-order valence-corrected chi connectivity index (χ1v) is 8.90. The monoisotopic (exact) mass is 343 g/mol. The zero-order chi connectivity index (χ0) is 17.1. The number of thiophene rings is 1. The van der Waals surface area contributed by atoms with Crippen molar-refractivity contribution in [2.24, 2.45) is 0 Å². The molecule has 0 saturated heterocycles. The van der Waals surface area contributed by atoms with Crippen LogP contribution in [0.3, 0.4) is 0 Å². The lowest BCUT2D eigenvalue weighted by Crippen LogP contribution is -2.44. The van der Waals surface area contributed by atoms with Gasteiger partial charge in [-0.25, -0.2) is 4.79 Å². The molecule has 6 heteroatoms. The Morgan fingerprint density at radius 2 is 2.17 bits per heavy atom. The minimum atomic E-state index is -0.107. The maximum Gasteiger partial charge on any atom is 0.318 e. The third kappa shape index (κ3) is 3.59. The van der Waals surface area contributed by atoms with E-state index in [1.54, 1.807) is 11.3 Å². The Bertz CT molecular complexity index is 756. The van der Waals surface area contributed by atoms with Crippen molar-refractivity contribution >= 4 is 29.0 Å². The molecule has 0 saturated carbocycles. The lowest BCUT2D eigenvalue weighted by atomic mass is 10.0. The summed E-state index contributed by atoms with van der Waals surface area (Å²) in [7, 11) is 0. The topological polar surface area (TPSA) is 61.4 Å². The van der Waals surface area contributed by atoms with Crippen LogP contribution in [-0.2, 0) is 17.8 Å². The second-order valence-corrected chi connectivity index (χ2v) is 6.96. The van der Waals surface area contributed by atoms with Crippen LogP contribution in [0.2, 0.25) is 0 Å². The van der Waals surface area contributed by atoms with Crippen molar-refractivity contribution in [1.29, 1.82) is 0 Å². The molecule has 5 nitrogen and oxygen atoms in total. The number of benzene rings is 1. The number of hydrogen-bond acceptors (Lipinski definition) is 3. The van der Waals surface area contributed by atoms with Gasteiger partial charge >= 0.3 is 6.03 Å². The first kappa shape index (κ1) is 16.5. The molecule has 2 aromatic rings. The van der Waals surface area contributed by atoms with Gasteiger partial charge in [0.2, 0.25) is 5.91 Å². The van der Waals surface area contributed by atoms with E-state index in [0.29, 0.717) is 6.54 Å². The number of hydrogen-bond donors (Lipinski definition) is 2. The molecule has 3 rings (SSSR count). The van der Waals surface area contributed by atoms with Gasteiger partial charge in [0, 0.05) is 30.6 Å². The number of nitrogens with one attached hydrogen (secondary N) is 2.